The van der Waals surface area contributed by atoms with E-state index in [-0.39, 0.29) is 29.8 Å². The van der Waals surface area contributed by atoms with Crippen molar-refractivity contribution in [3.63, 3.8) is 0 Å². The summed E-state index contributed by atoms with van der Waals surface area (Å²) in [6.07, 6.45) is 0. The molecule has 1 aliphatic rings. The number of sulfonamides is 1. The number of aromatic nitrogens is 2. The number of fused-ring (bicyclic) bond motifs is 1. The van der Waals surface area contributed by atoms with Crippen LogP contribution in [-0.2, 0) is 19.6 Å². The van der Waals surface area contributed by atoms with Crippen molar-refractivity contribution in [2.75, 3.05) is 28.0 Å². The summed E-state index contributed by atoms with van der Waals surface area (Å²) in [5.74, 6) is -0.409. The number of carbonyl (C=O) groups excluding carboxylic acids is 2. The molecule has 34 heavy (non-hydrogen) atoms. The molecule has 1 amide bonds. The van der Waals surface area contributed by atoms with Crippen molar-refractivity contribution in [1.29, 1.82) is 0 Å². The van der Waals surface area contributed by atoms with Gasteiger partial charge in [-0.2, -0.15) is 0 Å². The van der Waals surface area contributed by atoms with E-state index in [0.717, 1.165) is 5.56 Å². The Kier molecular flexibility index (Phi) is 6.20. The highest BCUT2D eigenvalue weighted by atomic mass is 32.2. The van der Waals surface area contributed by atoms with Crippen molar-refractivity contribution < 1.29 is 22.7 Å². The topological polar surface area (TPSA) is 131 Å². The van der Waals surface area contributed by atoms with E-state index in [1.807, 2.05) is 19.1 Å². The first kappa shape index (κ1) is 23.2. The van der Waals surface area contributed by atoms with Crippen molar-refractivity contribution in [2.45, 2.75) is 25.7 Å². The number of anilines is 3. The van der Waals surface area contributed by atoms with E-state index in [1.54, 1.807) is 30.9 Å². The van der Waals surface area contributed by atoms with Crippen molar-refractivity contribution >= 4 is 39.2 Å². The molecule has 0 atom stereocenters. The van der Waals surface area contributed by atoms with Gasteiger partial charge in [-0.3, -0.25) is 4.79 Å². The van der Waals surface area contributed by atoms with Crippen LogP contribution in [0.2, 0.25) is 0 Å². The predicted molar refractivity (Wildman–Crippen MR) is 126 cm³/mol. The Bertz CT molecular complexity index is 1350. The van der Waals surface area contributed by atoms with Crippen LogP contribution in [0.1, 0.15) is 17.0 Å². The number of esters is 1. The highest BCUT2D eigenvalue weighted by molar-refractivity contribution is 7.92. The predicted octanol–water partition coefficient (Wildman–Crippen LogP) is 2.57. The number of ether oxygens (including phenoxy) is 1. The number of hydrogen-bond acceptors (Lipinski definition) is 8. The Labute approximate surface area is 197 Å². The lowest BCUT2D eigenvalue weighted by molar-refractivity contribution is -0.133. The Balaban J connectivity index is 1.43. The van der Waals surface area contributed by atoms with Gasteiger partial charge in [-0.1, -0.05) is 6.07 Å². The van der Waals surface area contributed by atoms with Crippen molar-refractivity contribution in [3.8, 4) is 5.75 Å². The zero-order valence-corrected chi connectivity index (χ0v) is 19.6. The Morgan fingerprint density at radius 3 is 2.38 bits per heavy atom. The summed E-state index contributed by atoms with van der Waals surface area (Å²) in [6, 6.07) is 12.8. The van der Waals surface area contributed by atoms with Crippen LogP contribution in [0.25, 0.3) is 0 Å². The molecule has 2 aromatic carbocycles. The van der Waals surface area contributed by atoms with Crippen LogP contribution in [0.4, 0.5) is 17.3 Å². The van der Waals surface area contributed by atoms with Gasteiger partial charge in [-0.25, -0.2) is 27.9 Å². The van der Waals surface area contributed by atoms with Gasteiger partial charge in [0.25, 0.3) is 10.0 Å². The third kappa shape index (κ3) is 5.31. The number of hydrogen-bond donors (Lipinski definition) is 2. The summed E-state index contributed by atoms with van der Waals surface area (Å²) in [5, 5.41) is 2.72. The average Bonchev–Trinajstić information content (AvgIpc) is 2.73. The van der Waals surface area contributed by atoms with Gasteiger partial charge in [0.1, 0.15) is 6.54 Å². The molecule has 1 aromatic heterocycles. The molecule has 0 saturated carbocycles. The molecule has 2 heterocycles. The number of carbonyl (C=O) groups is 2. The second kappa shape index (κ2) is 9.10. The standard InChI is InChI=1S/C23H23N5O5S/c1-14-4-9-20-19(10-14)28(13-22(30)33-20)12-21(29)26-17-5-7-18(8-6-17)34(31,32)27-23-24-15(2)11-16(3)25-23/h4-11H,12-13H2,1-3H3,(H,26,29)(H,24,25,27). The minimum atomic E-state index is -3.91. The van der Waals surface area contributed by atoms with Crippen molar-refractivity contribution in [2.24, 2.45) is 0 Å². The fourth-order valence-corrected chi connectivity index (χ4v) is 4.48. The van der Waals surface area contributed by atoms with E-state index in [4.69, 9.17) is 4.74 Å². The van der Waals surface area contributed by atoms with Gasteiger partial charge in [-0.15, -0.1) is 0 Å². The van der Waals surface area contributed by atoms with Gasteiger partial charge in [-0.05, 0) is 68.8 Å². The summed E-state index contributed by atoms with van der Waals surface area (Å²) < 4.78 is 32.9. The average molecular weight is 482 g/mol. The van der Waals surface area contributed by atoms with E-state index < -0.39 is 16.0 Å². The Morgan fingerprint density at radius 1 is 1.03 bits per heavy atom. The lowest BCUT2D eigenvalue weighted by Crippen LogP contribution is -2.41. The molecular weight excluding hydrogens is 458 g/mol. The monoisotopic (exact) mass is 481 g/mol. The van der Waals surface area contributed by atoms with Crippen LogP contribution >= 0.6 is 0 Å². The van der Waals surface area contributed by atoms with Crippen LogP contribution in [0.5, 0.6) is 5.75 Å². The van der Waals surface area contributed by atoms with Crippen LogP contribution in [0.3, 0.4) is 0 Å². The van der Waals surface area contributed by atoms with Gasteiger partial charge in [0.15, 0.2) is 5.75 Å². The molecule has 0 fully saturated rings. The molecule has 0 radical (unpaired) electrons. The highest BCUT2D eigenvalue weighted by Gasteiger charge is 2.26. The number of amides is 1. The van der Waals surface area contributed by atoms with Crippen LogP contribution in [-0.4, -0.2) is 43.4 Å². The zero-order chi connectivity index (χ0) is 24.5. The molecule has 2 N–H and O–H groups in total. The van der Waals surface area contributed by atoms with E-state index >= 15 is 0 Å². The maximum Gasteiger partial charge on any atom is 0.331 e. The molecule has 0 aliphatic carbocycles. The van der Waals surface area contributed by atoms with Crippen LogP contribution < -0.4 is 19.7 Å². The summed E-state index contributed by atoms with van der Waals surface area (Å²) in [7, 11) is -3.91. The molecular formula is C23H23N5O5S. The van der Waals surface area contributed by atoms with E-state index in [1.165, 1.54) is 24.3 Å². The minimum absolute atomic E-state index is 0.00330. The normalized spacial score (nSPS) is 13.1. The number of aryl methyl sites for hydroxylation is 3. The Hall–Kier alpha value is -3.99. The minimum Gasteiger partial charge on any atom is -0.423 e. The van der Waals surface area contributed by atoms with Crippen molar-refractivity contribution in [3.05, 3.63) is 65.5 Å². The summed E-state index contributed by atoms with van der Waals surface area (Å²) in [4.78, 5) is 34.3. The summed E-state index contributed by atoms with van der Waals surface area (Å²) in [5.41, 5.74) is 3.33. The molecule has 0 spiro atoms. The molecule has 0 saturated heterocycles. The van der Waals surface area contributed by atoms with Gasteiger partial charge in [0.05, 0.1) is 17.1 Å². The van der Waals surface area contributed by atoms with E-state index in [9.17, 15) is 18.0 Å². The van der Waals surface area contributed by atoms with Gasteiger partial charge in [0, 0.05) is 17.1 Å². The SMILES string of the molecule is Cc1ccc2c(c1)N(CC(=O)Nc1ccc(S(=O)(=O)Nc3nc(C)cc(C)n3)cc1)CC(=O)O2. The summed E-state index contributed by atoms with van der Waals surface area (Å²) >= 11 is 0. The quantitative estimate of drug-likeness (QED) is 0.406. The van der Waals surface area contributed by atoms with E-state index in [2.05, 4.69) is 20.0 Å². The highest BCUT2D eigenvalue weighted by Crippen LogP contribution is 2.32. The maximum absolute atomic E-state index is 12.7. The number of nitrogens with one attached hydrogen (secondary N) is 2. The molecule has 0 unspecified atom stereocenters. The van der Waals surface area contributed by atoms with Crippen LogP contribution in [0, 0.1) is 20.8 Å². The Morgan fingerprint density at radius 2 is 1.71 bits per heavy atom. The van der Waals surface area contributed by atoms with Crippen molar-refractivity contribution in [1.82, 2.24) is 9.97 Å². The maximum atomic E-state index is 12.7. The smallest absolute Gasteiger partial charge is 0.331 e. The molecule has 176 valence electrons. The van der Waals surface area contributed by atoms with Crippen LogP contribution in [0.15, 0.2) is 53.4 Å². The third-order valence-electron chi connectivity index (χ3n) is 4.99. The molecule has 4 rings (SSSR count). The molecule has 11 heteroatoms. The van der Waals surface area contributed by atoms with E-state index in [0.29, 0.717) is 28.5 Å². The zero-order valence-electron chi connectivity index (χ0n) is 18.8. The summed E-state index contributed by atoms with van der Waals surface area (Å²) in [6.45, 7) is 5.28. The van der Waals surface area contributed by atoms with Gasteiger partial charge >= 0.3 is 5.97 Å². The lowest BCUT2D eigenvalue weighted by Gasteiger charge is -2.29. The molecule has 3 aromatic rings. The number of nitrogens with zero attached hydrogens (tertiary/aromatic N) is 3. The largest absolute Gasteiger partial charge is 0.423 e. The second-order valence-corrected chi connectivity index (χ2v) is 9.64. The number of benzene rings is 2. The molecule has 0 bridgehead atoms. The first-order valence-electron chi connectivity index (χ1n) is 10.4. The molecule has 1 aliphatic heterocycles. The molecule has 10 nitrogen and oxygen atoms in total. The second-order valence-electron chi connectivity index (χ2n) is 7.95. The first-order valence-corrected chi connectivity index (χ1v) is 11.9. The number of rotatable bonds is 6. The fraction of sp³-hybridized carbons (Fsp3) is 0.217. The fourth-order valence-electron chi connectivity index (χ4n) is 3.54. The first-order chi connectivity index (χ1) is 16.1. The van der Waals surface area contributed by atoms with Gasteiger partial charge < -0.3 is 15.0 Å². The lowest BCUT2D eigenvalue weighted by atomic mass is 10.1. The van der Waals surface area contributed by atoms with Gasteiger partial charge in [0.2, 0.25) is 11.9 Å². The third-order valence-corrected chi connectivity index (χ3v) is 6.33.